The van der Waals surface area contributed by atoms with Crippen molar-refractivity contribution in [3.8, 4) is 0 Å². The molecule has 2 rings (SSSR count). The van der Waals surface area contributed by atoms with E-state index in [1.807, 2.05) is 24.1 Å². The van der Waals surface area contributed by atoms with Crippen LogP contribution in [0.5, 0.6) is 0 Å². The SMILES string of the molecule is CCNc1cc(N2CCCCC2C(N)=O)nc(SC)n1. The van der Waals surface area contributed by atoms with Gasteiger partial charge >= 0.3 is 0 Å². The van der Waals surface area contributed by atoms with Crippen LogP contribution in [-0.4, -0.2) is 41.3 Å². The number of primary amides is 1. The Morgan fingerprint density at radius 1 is 1.55 bits per heavy atom. The molecule has 1 aliphatic rings. The summed E-state index contributed by atoms with van der Waals surface area (Å²) in [6, 6.07) is 1.63. The second kappa shape index (κ2) is 6.78. The van der Waals surface area contributed by atoms with Crippen molar-refractivity contribution >= 4 is 29.3 Å². The number of carbonyl (C=O) groups is 1. The van der Waals surface area contributed by atoms with E-state index in [1.54, 1.807) is 0 Å². The number of rotatable bonds is 5. The van der Waals surface area contributed by atoms with E-state index < -0.39 is 0 Å². The third-order valence-corrected chi connectivity index (χ3v) is 3.91. The lowest BCUT2D eigenvalue weighted by molar-refractivity contribution is -0.119. The molecule has 0 aliphatic carbocycles. The molecule has 0 spiro atoms. The van der Waals surface area contributed by atoms with Crippen LogP contribution >= 0.6 is 11.8 Å². The molecular formula is C13H21N5OS. The first-order chi connectivity index (χ1) is 9.65. The summed E-state index contributed by atoms with van der Waals surface area (Å²) in [6.45, 7) is 3.63. The van der Waals surface area contributed by atoms with Gasteiger partial charge in [-0.15, -0.1) is 0 Å². The van der Waals surface area contributed by atoms with Crippen LogP contribution < -0.4 is 16.0 Å². The summed E-state index contributed by atoms with van der Waals surface area (Å²) >= 11 is 1.49. The maximum absolute atomic E-state index is 11.6. The van der Waals surface area contributed by atoms with Crippen LogP contribution in [0, 0.1) is 0 Å². The molecule has 6 nitrogen and oxygen atoms in total. The van der Waals surface area contributed by atoms with Crippen LogP contribution in [-0.2, 0) is 4.79 Å². The molecule has 1 aromatic heterocycles. The second-order valence-corrected chi connectivity index (χ2v) is 5.51. The van der Waals surface area contributed by atoms with E-state index in [4.69, 9.17) is 5.73 Å². The summed E-state index contributed by atoms with van der Waals surface area (Å²) in [7, 11) is 0. The maximum Gasteiger partial charge on any atom is 0.240 e. The summed E-state index contributed by atoms with van der Waals surface area (Å²) in [6.07, 6.45) is 4.82. The van der Waals surface area contributed by atoms with Crippen LogP contribution in [0.4, 0.5) is 11.6 Å². The normalized spacial score (nSPS) is 18.9. The number of piperidine rings is 1. The number of amides is 1. The van der Waals surface area contributed by atoms with Crippen molar-refractivity contribution in [2.75, 3.05) is 29.6 Å². The fourth-order valence-electron chi connectivity index (χ4n) is 2.42. The average molecular weight is 295 g/mol. The zero-order chi connectivity index (χ0) is 14.5. The Morgan fingerprint density at radius 2 is 2.35 bits per heavy atom. The van der Waals surface area contributed by atoms with Crippen molar-refractivity contribution < 1.29 is 4.79 Å². The predicted octanol–water partition coefficient (Wildman–Crippen LogP) is 1.47. The number of carbonyl (C=O) groups excluding carboxylic acids is 1. The maximum atomic E-state index is 11.6. The lowest BCUT2D eigenvalue weighted by atomic mass is 10.0. The van der Waals surface area contributed by atoms with E-state index >= 15 is 0 Å². The molecule has 3 N–H and O–H groups in total. The van der Waals surface area contributed by atoms with Crippen LogP contribution in [0.2, 0.25) is 0 Å². The van der Waals surface area contributed by atoms with Gasteiger partial charge in [0.1, 0.15) is 17.7 Å². The van der Waals surface area contributed by atoms with Gasteiger partial charge in [0.2, 0.25) is 5.91 Å². The zero-order valence-corrected chi connectivity index (χ0v) is 12.7. The molecule has 110 valence electrons. The van der Waals surface area contributed by atoms with Crippen molar-refractivity contribution in [1.29, 1.82) is 0 Å². The molecule has 1 fully saturated rings. The molecule has 1 aliphatic heterocycles. The molecule has 1 aromatic rings. The van der Waals surface area contributed by atoms with Gasteiger partial charge in [0.05, 0.1) is 0 Å². The smallest absolute Gasteiger partial charge is 0.240 e. The molecule has 1 unspecified atom stereocenters. The van der Waals surface area contributed by atoms with Crippen LogP contribution in [0.3, 0.4) is 0 Å². The van der Waals surface area contributed by atoms with Gasteiger partial charge in [-0.3, -0.25) is 4.79 Å². The Morgan fingerprint density at radius 3 is 3.00 bits per heavy atom. The molecule has 0 radical (unpaired) electrons. The van der Waals surface area contributed by atoms with Crippen molar-refractivity contribution in [2.24, 2.45) is 5.73 Å². The second-order valence-electron chi connectivity index (χ2n) is 4.74. The molecular weight excluding hydrogens is 274 g/mol. The number of nitrogens with zero attached hydrogens (tertiary/aromatic N) is 3. The highest BCUT2D eigenvalue weighted by atomic mass is 32.2. The Bertz CT molecular complexity index is 482. The van der Waals surface area contributed by atoms with Gasteiger partial charge in [0, 0.05) is 19.2 Å². The van der Waals surface area contributed by atoms with Gasteiger partial charge in [-0.05, 0) is 32.4 Å². The summed E-state index contributed by atoms with van der Waals surface area (Å²) in [5, 5.41) is 3.90. The molecule has 1 amide bonds. The largest absolute Gasteiger partial charge is 0.370 e. The van der Waals surface area contributed by atoms with E-state index in [0.29, 0.717) is 5.16 Å². The molecule has 0 aromatic carbocycles. The molecule has 0 bridgehead atoms. The fraction of sp³-hybridized carbons (Fsp3) is 0.615. The number of nitrogens with one attached hydrogen (secondary N) is 1. The van der Waals surface area contributed by atoms with Gasteiger partial charge in [-0.25, -0.2) is 9.97 Å². The number of hydrogen-bond donors (Lipinski definition) is 2. The van der Waals surface area contributed by atoms with Crippen molar-refractivity contribution in [1.82, 2.24) is 9.97 Å². The highest BCUT2D eigenvalue weighted by molar-refractivity contribution is 7.98. The Balaban J connectivity index is 2.33. The summed E-state index contributed by atoms with van der Waals surface area (Å²) < 4.78 is 0. The monoisotopic (exact) mass is 295 g/mol. The third-order valence-electron chi connectivity index (χ3n) is 3.36. The van der Waals surface area contributed by atoms with E-state index in [1.165, 1.54) is 11.8 Å². The standard InChI is InChI=1S/C13H21N5OS/c1-3-15-10-8-11(17-13(16-10)20-2)18-7-5-4-6-9(18)12(14)19/h8-9H,3-7H2,1-2H3,(H2,14,19)(H,15,16,17). The topological polar surface area (TPSA) is 84.1 Å². The molecule has 1 saturated heterocycles. The Labute approximate surface area is 123 Å². The molecule has 0 saturated carbocycles. The molecule has 20 heavy (non-hydrogen) atoms. The minimum atomic E-state index is -0.279. The van der Waals surface area contributed by atoms with Gasteiger partial charge in [-0.2, -0.15) is 0 Å². The van der Waals surface area contributed by atoms with E-state index in [0.717, 1.165) is 44.0 Å². The first-order valence-electron chi connectivity index (χ1n) is 6.88. The number of anilines is 2. The minimum absolute atomic E-state index is 0.261. The lowest BCUT2D eigenvalue weighted by Gasteiger charge is -2.34. The van der Waals surface area contributed by atoms with Crippen molar-refractivity contribution in [3.05, 3.63) is 6.07 Å². The summed E-state index contributed by atoms with van der Waals surface area (Å²) in [5.41, 5.74) is 5.52. The fourth-order valence-corrected chi connectivity index (χ4v) is 2.80. The number of aromatic nitrogens is 2. The molecule has 2 heterocycles. The first-order valence-corrected chi connectivity index (χ1v) is 8.11. The first kappa shape index (κ1) is 14.9. The summed E-state index contributed by atoms with van der Waals surface area (Å²) in [5.74, 6) is 1.29. The van der Waals surface area contributed by atoms with E-state index in [-0.39, 0.29) is 11.9 Å². The van der Waals surface area contributed by atoms with Crippen molar-refractivity contribution in [2.45, 2.75) is 37.4 Å². The van der Waals surface area contributed by atoms with Crippen LogP contribution in [0.25, 0.3) is 0 Å². The Kier molecular flexibility index (Phi) is 5.05. The number of thioether (sulfide) groups is 1. The van der Waals surface area contributed by atoms with Crippen LogP contribution in [0.1, 0.15) is 26.2 Å². The van der Waals surface area contributed by atoms with Gasteiger partial charge in [0.15, 0.2) is 5.16 Å². The van der Waals surface area contributed by atoms with Gasteiger partial charge in [-0.1, -0.05) is 11.8 Å². The number of hydrogen-bond acceptors (Lipinski definition) is 6. The van der Waals surface area contributed by atoms with Gasteiger partial charge < -0.3 is 16.0 Å². The number of nitrogens with two attached hydrogens (primary N) is 1. The quantitative estimate of drug-likeness (QED) is 0.632. The molecule has 7 heteroatoms. The summed E-state index contributed by atoms with van der Waals surface area (Å²) in [4.78, 5) is 22.6. The van der Waals surface area contributed by atoms with Gasteiger partial charge in [0.25, 0.3) is 0 Å². The van der Waals surface area contributed by atoms with Crippen molar-refractivity contribution in [3.63, 3.8) is 0 Å². The third kappa shape index (κ3) is 3.33. The average Bonchev–Trinajstić information content (AvgIpc) is 2.47. The minimum Gasteiger partial charge on any atom is -0.370 e. The molecule has 1 atom stereocenters. The lowest BCUT2D eigenvalue weighted by Crippen LogP contribution is -2.48. The van der Waals surface area contributed by atoms with E-state index in [2.05, 4.69) is 15.3 Å². The predicted molar refractivity (Wildman–Crippen MR) is 82.2 cm³/mol. The zero-order valence-electron chi connectivity index (χ0n) is 11.9. The van der Waals surface area contributed by atoms with Crippen LogP contribution in [0.15, 0.2) is 11.2 Å². The highest BCUT2D eigenvalue weighted by Gasteiger charge is 2.28. The Hall–Kier alpha value is -1.50. The van der Waals surface area contributed by atoms with E-state index in [9.17, 15) is 4.79 Å². The highest BCUT2D eigenvalue weighted by Crippen LogP contribution is 2.26.